The van der Waals surface area contributed by atoms with Crippen molar-refractivity contribution in [2.45, 2.75) is 20.5 Å². The molecule has 1 N–H and O–H groups in total. The summed E-state index contributed by atoms with van der Waals surface area (Å²) in [5.74, 6) is 1.37. The second kappa shape index (κ2) is 11.1. The number of nitrogens with one attached hydrogen (secondary N) is 1. The van der Waals surface area contributed by atoms with Crippen molar-refractivity contribution in [3.63, 3.8) is 0 Å². The second-order valence-electron chi connectivity index (χ2n) is 8.09. The standard InChI is InChI=1S/C27H25N3O6S/c1-4-35-25-8-6-5-7-23(25)29-26(31)21(28-27(29)37)15-18-9-12-24(34-3)19(14-18)16-36-20-10-11-22(30(32)33)17(2)13-20/h5-15H,4,16H2,1-3H3,(H,28,37)/b21-15+. The summed E-state index contributed by atoms with van der Waals surface area (Å²) in [6.45, 7) is 4.14. The van der Waals surface area contributed by atoms with Crippen LogP contribution >= 0.6 is 12.2 Å². The van der Waals surface area contributed by atoms with Crippen LogP contribution in [-0.4, -0.2) is 29.7 Å². The van der Waals surface area contributed by atoms with Crippen molar-refractivity contribution in [3.05, 3.63) is 93.2 Å². The van der Waals surface area contributed by atoms with Crippen molar-refractivity contribution in [1.29, 1.82) is 0 Å². The lowest BCUT2D eigenvalue weighted by Crippen LogP contribution is -2.30. The minimum atomic E-state index is -0.431. The number of rotatable bonds is 9. The molecule has 37 heavy (non-hydrogen) atoms. The van der Waals surface area contributed by atoms with E-state index in [0.717, 1.165) is 11.1 Å². The molecule has 0 spiro atoms. The van der Waals surface area contributed by atoms with Crippen LogP contribution in [0.25, 0.3) is 6.08 Å². The topological polar surface area (TPSA) is 103 Å². The van der Waals surface area contributed by atoms with Gasteiger partial charge in [0.15, 0.2) is 5.11 Å². The monoisotopic (exact) mass is 519 g/mol. The molecule has 1 amide bonds. The number of aryl methyl sites for hydroxylation is 1. The maximum Gasteiger partial charge on any atom is 0.281 e. The van der Waals surface area contributed by atoms with Gasteiger partial charge in [-0.3, -0.25) is 14.9 Å². The van der Waals surface area contributed by atoms with E-state index in [1.54, 1.807) is 50.4 Å². The smallest absolute Gasteiger partial charge is 0.281 e. The Morgan fingerprint density at radius 2 is 1.86 bits per heavy atom. The van der Waals surface area contributed by atoms with E-state index in [0.29, 0.717) is 40.8 Å². The molecule has 0 bridgehead atoms. The SMILES string of the molecule is CCOc1ccccc1N1C(=O)/C(=C\c2ccc(OC)c(COc3ccc([N+](=O)[O-])c(C)c3)c2)NC1=S. The summed E-state index contributed by atoms with van der Waals surface area (Å²) >= 11 is 5.45. The van der Waals surface area contributed by atoms with Crippen LogP contribution in [0.2, 0.25) is 0 Å². The highest BCUT2D eigenvalue weighted by atomic mass is 32.1. The zero-order chi connectivity index (χ0) is 26.5. The maximum absolute atomic E-state index is 13.3. The van der Waals surface area contributed by atoms with Crippen LogP contribution in [0.15, 0.2) is 66.4 Å². The first-order chi connectivity index (χ1) is 17.8. The number of thiocarbonyl (C=S) groups is 1. The van der Waals surface area contributed by atoms with Gasteiger partial charge in [0.25, 0.3) is 11.6 Å². The highest BCUT2D eigenvalue weighted by Gasteiger charge is 2.33. The molecule has 1 heterocycles. The van der Waals surface area contributed by atoms with Gasteiger partial charge in [0.2, 0.25) is 0 Å². The normalized spacial score (nSPS) is 14.0. The second-order valence-corrected chi connectivity index (χ2v) is 8.48. The molecule has 1 aliphatic rings. The number of hydrogen-bond donors (Lipinski definition) is 1. The van der Waals surface area contributed by atoms with Gasteiger partial charge in [-0.1, -0.05) is 18.2 Å². The summed E-state index contributed by atoms with van der Waals surface area (Å²) in [6, 6.07) is 17.3. The molecule has 10 heteroatoms. The molecule has 1 saturated heterocycles. The Morgan fingerprint density at radius 3 is 2.57 bits per heavy atom. The lowest BCUT2D eigenvalue weighted by atomic mass is 10.1. The lowest BCUT2D eigenvalue weighted by molar-refractivity contribution is -0.385. The Morgan fingerprint density at radius 1 is 1.08 bits per heavy atom. The van der Waals surface area contributed by atoms with Gasteiger partial charge in [0, 0.05) is 17.2 Å². The van der Waals surface area contributed by atoms with Gasteiger partial charge in [0.05, 0.1) is 24.3 Å². The van der Waals surface area contributed by atoms with Crippen LogP contribution in [0.5, 0.6) is 17.2 Å². The van der Waals surface area contributed by atoms with Crippen LogP contribution in [0, 0.1) is 17.0 Å². The highest BCUT2D eigenvalue weighted by Crippen LogP contribution is 2.32. The minimum absolute atomic E-state index is 0.0307. The number of nitrogens with zero attached hydrogens (tertiary/aromatic N) is 2. The van der Waals surface area contributed by atoms with E-state index in [2.05, 4.69) is 5.32 Å². The molecule has 0 saturated carbocycles. The van der Waals surface area contributed by atoms with E-state index in [1.807, 2.05) is 31.2 Å². The number of benzene rings is 3. The fourth-order valence-corrected chi connectivity index (χ4v) is 4.22. The molecule has 1 fully saturated rings. The highest BCUT2D eigenvalue weighted by molar-refractivity contribution is 7.80. The third-order valence-corrected chi connectivity index (χ3v) is 5.94. The first-order valence-electron chi connectivity index (χ1n) is 11.5. The number of anilines is 1. The van der Waals surface area contributed by atoms with Crippen molar-refractivity contribution in [2.24, 2.45) is 0 Å². The van der Waals surface area contributed by atoms with Crippen molar-refractivity contribution >= 4 is 40.7 Å². The van der Waals surface area contributed by atoms with Gasteiger partial charge in [-0.05, 0) is 74.1 Å². The summed E-state index contributed by atoms with van der Waals surface area (Å²) in [5, 5.41) is 14.3. The number of methoxy groups -OCH3 is 1. The molecule has 9 nitrogen and oxygen atoms in total. The molecule has 190 valence electrons. The number of carbonyl (C=O) groups is 1. The fourth-order valence-electron chi connectivity index (χ4n) is 3.92. The average molecular weight is 520 g/mol. The molecule has 3 aromatic rings. The van der Waals surface area contributed by atoms with Crippen molar-refractivity contribution in [3.8, 4) is 17.2 Å². The Hall–Kier alpha value is -4.44. The van der Waals surface area contributed by atoms with Crippen LogP contribution in [0.4, 0.5) is 11.4 Å². The van der Waals surface area contributed by atoms with E-state index in [9.17, 15) is 14.9 Å². The predicted molar refractivity (Wildman–Crippen MR) is 144 cm³/mol. The molecular formula is C27H25N3O6S. The Bertz CT molecular complexity index is 1400. The maximum atomic E-state index is 13.3. The van der Waals surface area contributed by atoms with Gasteiger partial charge in [0.1, 0.15) is 29.6 Å². The number of amides is 1. The van der Waals surface area contributed by atoms with Gasteiger partial charge < -0.3 is 19.5 Å². The van der Waals surface area contributed by atoms with E-state index in [4.69, 9.17) is 26.4 Å². The van der Waals surface area contributed by atoms with Gasteiger partial charge in [-0.25, -0.2) is 4.90 Å². The molecule has 1 aliphatic heterocycles. The molecule has 0 aliphatic carbocycles. The fraction of sp³-hybridized carbons (Fsp3) is 0.185. The largest absolute Gasteiger partial charge is 0.496 e. The van der Waals surface area contributed by atoms with Gasteiger partial charge in [-0.15, -0.1) is 0 Å². The Kier molecular flexibility index (Phi) is 7.69. The minimum Gasteiger partial charge on any atom is -0.496 e. The number of nitro groups is 1. The number of hydrogen-bond acceptors (Lipinski definition) is 7. The Labute approximate surface area is 219 Å². The molecule has 0 unspecified atom stereocenters. The van der Waals surface area contributed by atoms with E-state index in [1.165, 1.54) is 11.0 Å². The van der Waals surface area contributed by atoms with Crippen LogP contribution in [0.1, 0.15) is 23.6 Å². The molecule has 0 radical (unpaired) electrons. The summed E-state index contributed by atoms with van der Waals surface area (Å²) in [4.78, 5) is 25.3. The first-order valence-corrected chi connectivity index (χ1v) is 11.9. The molecule has 0 aromatic heterocycles. The summed E-state index contributed by atoms with van der Waals surface area (Å²) in [6.07, 6.45) is 1.71. The van der Waals surface area contributed by atoms with Crippen LogP contribution in [-0.2, 0) is 11.4 Å². The molecule has 0 atom stereocenters. The third kappa shape index (κ3) is 5.54. The van der Waals surface area contributed by atoms with Crippen molar-refractivity contribution in [1.82, 2.24) is 5.32 Å². The first kappa shape index (κ1) is 25.6. The van der Waals surface area contributed by atoms with Crippen molar-refractivity contribution in [2.75, 3.05) is 18.6 Å². The summed E-state index contributed by atoms with van der Waals surface area (Å²) < 4.78 is 17.0. The predicted octanol–water partition coefficient (Wildman–Crippen LogP) is 5.15. The lowest BCUT2D eigenvalue weighted by Gasteiger charge is -2.18. The number of nitro benzene ring substituents is 1. The van der Waals surface area contributed by atoms with E-state index >= 15 is 0 Å². The third-order valence-electron chi connectivity index (χ3n) is 5.66. The quantitative estimate of drug-likeness (QED) is 0.179. The molecule has 3 aromatic carbocycles. The summed E-state index contributed by atoms with van der Waals surface area (Å²) in [7, 11) is 1.56. The molecule has 4 rings (SSSR count). The number of ether oxygens (including phenoxy) is 3. The van der Waals surface area contributed by atoms with Gasteiger partial charge in [-0.2, -0.15) is 0 Å². The average Bonchev–Trinajstić information content (AvgIpc) is 3.15. The number of para-hydroxylation sites is 2. The zero-order valence-electron chi connectivity index (χ0n) is 20.5. The summed E-state index contributed by atoms with van der Waals surface area (Å²) in [5.41, 5.74) is 2.89. The zero-order valence-corrected chi connectivity index (χ0v) is 21.3. The van der Waals surface area contributed by atoms with Gasteiger partial charge >= 0.3 is 0 Å². The molecular weight excluding hydrogens is 494 g/mol. The number of carbonyl (C=O) groups excluding carboxylic acids is 1. The van der Waals surface area contributed by atoms with Crippen LogP contribution in [0.3, 0.4) is 0 Å². The van der Waals surface area contributed by atoms with Crippen LogP contribution < -0.4 is 24.4 Å². The van der Waals surface area contributed by atoms with Crippen molar-refractivity contribution < 1.29 is 23.9 Å². The van der Waals surface area contributed by atoms with E-state index in [-0.39, 0.29) is 23.3 Å². The van der Waals surface area contributed by atoms with E-state index < -0.39 is 4.92 Å². The Balaban J connectivity index is 1.57.